The predicted molar refractivity (Wildman–Crippen MR) is 85.3 cm³/mol. The van der Waals surface area contributed by atoms with Crippen molar-refractivity contribution in [2.24, 2.45) is 0 Å². The second-order valence-corrected chi connectivity index (χ2v) is 5.43. The Morgan fingerprint density at radius 1 is 1.26 bits per heavy atom. The third-order valence-corrected chi connectivity index (χ3v) is 3.66. The Labute approximate surface area is 134 Å². The van der Waals surface area contributed by atoms with Gasteiger partial charge in [-0.2, -0.15) is 0 Å². The lowest BCUT2D eigenvalue weighted by molar-refractivity contribution is 0.0679. The predicted octanol–water partition coefficient (Wildman–Crippen LogP) is 3.64. The van der Waals surface area contributed by atoms with E-state index in [0.29, 0.717) is 23.6 Å². The summed E-state index contributed by atoms with van der Waals surface area (Å²) in [5.41, 5.74) is 0.910. The van der Waals surface area contributed by atoms with Gasteiger partial charge in [0, 0.05) is 17.9 Å². The van der Waals surface area contributed by atoms with E-state index in [1.165, 1.54) is 12.1 Å². The molecule has 1 aliphatic rings. The van der Waals surface area contributed by atoms with E-state index in [1.54, 1.807) is 36.4 Å². The average molecular weight is 315 g/mol. The summed E-state index contributed by atoms with van der Waals surface area (Å²) in [6.07, 6.45) is 2.26. The minimum atomic E-state index is -0.388. The molecule has 1 saturated heterocycles. The van der Waals surface area contributed by atoms with Crippen molar-refractivity contribution in [1.29, 1.82) is 0 Å². The quantitative estimate of drug-likeness (QED) is 0.916. The molecule has 2 aromatic rings. The van der Waals surface area contributed by atoms with Gasteiger partial charge in [0.1, 0.15) is 18.2 Å². The van der Waals surface area contributed by atoms with E-state index in [2.05, 4.69) is 5.32 Å². The van der Waals surface area contributed by atoms with Crippen LogP contribution in [-0.4, -0.2) is 25.2 Å². The first-order valence-corrected chi connectivity index (χ1v) is 7.62. The molecular weight excluding hydrogens is 297 g/mol. The number of anilines is 1. The molecule has 1 heterocycles. The summed E-state index contributed by atoms with van der Waals surface area (Å²) in [5, 5.41) is 2.66. The van der Waals surface area contributed by atoms with Crippen LogP contribution in [0.4, 0.5) is 10.1 Å². The lowest BCUT2D eigenvalue weighted by Gasteiger charge is -2.11. The van der Waals surface area contributed by atoms with Crippen molar-refractivity contribution in [2.75, 3.05) is 18.5 Å². The molecule has 1 aliphatic heterocycles. The highest BCUT2D eigenvalue weighted by Crippen LogP contribution is 2.17. The van der Waals surface area contributed by atoms with Crippen LogP contribution in [0.1, 0.15) is 23.2 Å². The first-order chi connectivity index (χ1) is 11.2. The Morgan fingerprint density at radius 3 is 2.78 bits per heavy atom. The molecule has 1 unspecified atom stereocenters. The van der Waals surface area contributed by atoms with Gasteiger partial charge in [-0.3, -0.25) is 4.79 Å². The lowest BCUT2D eigenvalue weighted by Crippen LogP contribution is -2.16. The van der Waals surface area contributed by atoms with Crippen molar-refractivity contribution in [3.05, 3.63) is 59.9 Å². The zero-order valence-electron chi connectivity index (χ0n) is 12.6. The van der Waals surface area contributed by atoms with Gasteiger partial charge in [-0.05, 0) is 55.3 Å². The van der Waals surface area contributed by atoms with Crippen molar-refractivity contribution in [3.8, 4) is 5.75 Å². The molecule has 1 N–H and O–H groups in total. The summed E-state index contributed by atoms with van der Waals surface area (Å²) in [6.45, 7) is 1.32. The van der Waals surface area contributed by atoms with Crippen molar-refractivity contribution < 1.29 is 18.7 Å². The zero-order valence-corrected chi connectivity index (χ0v) is 12.6. The Bertz CT molecular complexity index is 666. The average Bonchev–Trinajstić information content (AvgIpc) is 3.07. The molecule has 0 spiro atoms. The van der Waals surface area contributed by atoms with Gasteiger partial charge in [0.25, 0.3) is 5.91 Å². The van der Waals surface area contributed by atoms with Crippen LogP contribution in [0.2, 0.25) is 0 Å². The summed E-state index contributed by atoms with van der Waals surface area (Å²) >= 11 is 0. The normalized spacial score (nSPS) is 17.0. The van der Waals surface area contributed by atoms with Gasteiger partial charge in [-0.15, -0.1) is 0 Å². The fourth-order valence-electron chi connectivity index (χ4n) is 2.44. The molecule has 0 aromatic heterocycles. The Morgan fingerprint density at radius 2 is 2.09 bits per heavy atom. The van der Waals surface area contributed by atoms with E-state index >= 15 is 0 Å². The number of nitrogens with one attached hydrogen (secondary N) is 1. The smallest absolute Gasteiger partial charge is 0.255 e. The number of benzene rings is 2. The molecule has 3 rings (SSSR count). The van der Waals surface area contributed by atoms with Gasteiger partial charge in [-0.25, -0.2) is 4.39 Å². The van der Waals surface area contributed by atoms with Crippen molar-refractivity contribution >= 4 is 11.6 Å². The van der Waals surface area contributed by atoms with E-state index in [4.69, 9.17) is 9.47 Å². The number of halogens is 1. The molecule has 1 atom stereocenters. The first-order valence-electron chi connectivity index (χ1n) is 7.62. The number of ether oxygens (including phenoxy) is 2. The molecular formula is C18H18FNO3. The first kappa shape index (κ1) is 15.5. The van der Waals surface area contributed by atoms with E-state index in [1.807, 2.05) is 0 Å². The summed E-state index contributed by atoms with van der Waals surface area (Å²) in [5.74, 6) is 0.0183. The second-order valence-electron chi connectivity index (χ2n) is 5.43. The van der Waals surface area contributed by atoms with Crippen molar-refractivity contribution in [2.45, 2.75) is 18.9 Å². The summed E-state index contributed by atoms with van der Waals surface area (Å²) < 4.78 is 24.3. The molecule has 120 valence electrons. The van der Waals surface area contributed by atoms with Crippen LogP contribution < -0.4 is 10.1 Å². The number of carbonyl (C=O) groups excluding carboxylic acids is 1. The molecule has 2 aromatic carbocycles. The summed E-state index contributed by atoms with van der Waals surface area (Å²) in [7, 11) is 0. The van der Waals surface area contributed by atoms with Crippen molar-refractivity contribution in [3.63, 3.8) is 0 Å². The molecule has 0 saturated carbocycles. The number of hydrogen-bond donors (Lipinski definition) is 1. The van der Waals surface area contributed by atoms with Crippen LogP contribution >= 0.6 is 0 Å². The maximum Gasteiger partial charge on any atom is 0.255 e. The highest BCUT2D eigenvalue weighted by Gasteiger charge is 2.16. The Kier molecular flexibility index (Phi) is 4.88. The van der Waals surface area contributed by atoms with E-state index < -0.39 is 0 Å². The fraction of sp³-hybridized carbons (Fsp3) is 0.278. The van der Waals surface area contributed by atoms with E-state index in [-0.39, 0.29) is 17.8 Å². The topological polar surface area (TPSA) is 47.6 Å². The number of rotatable bonds is 5. The minimum absolute atomic E-state index is 0.158. The Balaban J connectivity index is 1.56. The maximum atomic E-state index is 13.1. The highest BCUT2D eigenvalue weighted by molar-refractivity contribution is 6.04. The molecule has 23 heavy (non-hydrogen) atoms. The van der Waals surface area contributed by atoms with Gasteiger partial charge in [0.2, 0.25) is 0 Å². The SMILES string of the molecule is O=C(Nc1cccc(F)c1)c1ccc(OCC2CCCO2)cc1. The third-order valence-electron chi connectivity index (χ3n) is 3.66. The lowest BCUT2D eigenvalue weighted by atomic mass is 10.2. The van der Waals surface area contributed by atoms with E-state index in [0.717, 1.165) is 19.4 Å². The van der Waals surface area contributed by atoms with Gasteiger partial charge >= 0.3 is 0 Å². The summed E-state index contributed by atoms with van der Waals surface area (Å²) in [6, 6.07) is 12.6. The highest BCUT2D eigenvalue weighted by atomic mass is 19.1. The van der Waals surface area contributed by atoms with Crippen LogP contribution in [0.25, 0.3) is 0 Å². The van der Waals surface area contributed by atoms with Crippen LogP contribution in [-0.2, 0) is 4.74 Å². The third kappa shape index (κ3) is 4.29. The maximum absolute atomic E-state index is 13.1. The molecule has 1 amide bonds. The number of carbonyl (C=O) groups is 1. The van der Waals surface area contributed by atoms with Crippen LogP contribution in [0.15, 0.2) is 48.5 Å². The fourth-order valence-corrected chi connectivity index (χ4v) is 2.44. The Hall–Kier alpha value is -2.40. The van der Waals surface area contributed by atoms with Gasteiger partial charge in [0.15, 0.2) is 0 Å². The molecule has 1 fully saturated rings. The largest absolute Gasteiger partial charge is 0.491 e. The van der Waals surface area contributed by atoms with Crippen LogP contribution in [0.5, 0.6) is 5.75 Å². The monoisotopic (exact) mass is 315 g/mol. The van der Waals surface area contributed by atoms with Gasteiger partial charge in [-0.1, -0.05) is 6.07 Å². The second kappa shape index (κ2) is 7.24. The van der Waals surface area contributed by atoms with E-state index in [9.17, 15) is 9.18 Å². The number of amides is 1. The standard InChI is InChI=1S/C18H18FNO3/c19-14-3-1-4-15(11-14)20-18(21)13-6-8-16(9-7-13)23-12-17-5-2-10-22-17/h1,3-4,6-9,11,17H,2,5,10,12H2,(H,20,21). The molecule has 4 nitrogen and oxygen atoms in total. The van der Waals surface area contributed by atoms with Gasteiger partial charge < -0.3 is 14.8 Å². The van der Waals surface area contributed by atoms with Crippen LogP contribution in [0.3, 0.4) is 0 Å². The molecule has 5 heteroatoms. The molecule has 0 radical (unpaired) electrons. The van der Waals surface area contributed by atoms with Crippen molar-refractivity contribution in [1.82, 2.24) is 0 Å². The minimum Gasteiger partial charge on any atom is -0.491 e. The number of hydrogen-bond acceptors (Lipinski definition) is 3. The zero-order chi connectivity index (χ0) is 16.1. The molecule has 0 aliphatic carbocycles. The van der Waals surface area contributed by atoms with Gasteiger partial charge in [0.05, 0.1) is 6.10 Å². The van der Waals surface area contributed by atoms with Crippen LogP contribution in [0, 0.1) is 5.82 Å². The molecule has 0 bridgehead atoms. The summed E-state index contributed by atoms with van der Waals surface area (Å²) in [4.78, 5) is 12.1.